The number of hydrogen-bond donors (Lipinski definition) is 3. The first-order valence-corrected chi connectivity index (χ1v) is 9.31. The summed E-state index contributed by atoms with van der Waals surface area (Å²) in [5.41, 5.74) is 0.714. The molecule has 0 bridgehead atoms. The molecule has 0 amide bonds. The van der Waals surface area contributed by atoms with Crippen molar-refractivity contribution in [1.29, 1.82) is 0 Å². The Morgan fingerprint density at radius 3 is 2.60 bits per heavy atom. The molecule has 2 fully saturated rings. The summed E-state index contributed by atoms with van der Waals surface area (Å²) in [6.07, 6.45) is 6.10. The van der Waals surface area contributed by atoms with Gasteiger partial charge in [0.15, 0.2) is 5.78 Å². The van der Waals surface area contributed by atoms with E-state index in [0.717, 1.165) is 31.2 Å². The van der Waals surface area contributed by atoms with Crippen molar-refractivity contribution in [3.8, 4) is 0 Å². The van der Waals surface area contributed by atoms with Gasteiger partial charge in [0.1, 0.15) is 6.10 Å². The van der Waals surface area contributed by atoms with E-state index in [1.807, 2.05) is 6.92 Å². The van der Waals surface area contributed by atoms with E-state index in [0.29, 0.717) is 6.42 Å². The summed E-state index contributed by atoms with van der Waals surface area (Å²) in [5.74, 6) is 0.00836. The first-order valence-electron chi connectivity index (χ1n) is 9.31. The van der Waals surface area contributed by atoms with Gasteiger partial charge < -0.3 is 19.7 Å². The van der Waals surface area contributed by atoms with E-state index >= 15 is 0 Å². The molecule has 0 aliphatic heterocycles. The fourth-order valence-electron chi connectivity index (χ4n) is 6.79. The van der Waals surface area contributed by atoms with Gasteiger partial charge >= 0.3 is 0 Å². The van der Waals surface area contributed by atoms with Crippen LogP contribution in [0.25, 0.3) is 0 Å². The van der Waals surface area contributed by atoms with Gasteiger partial charge in [-0.15, -0.1) is 0 Å². The number of Topliss-reactive ketones (excluding diaryl/α,β-unsaturated/α-hetero) is 1. The molecule has 0 spiro atoms. The minimum absolute atomic E-state index is 0.0408. The first kappa shape index (κ1) is 17.3. The van der Waals surface area contributed by atoms with Crippen LogP contribution in [0.1, 0.15) is 50.7 Å². The summed E-state index contributed by atoms with van der Waals surface area (Å²) in [5, 5.41) is 31.0. The molecular formula is C20H28O5. The Labute approximate surface area is 148 Å². The first-order chi connectivity index (χ1) is 11.8. The van der Waals surface area contributed by atoms with E-state index < -0.39 is 11.5 Å². The molecule has 0 radical (unpaired) electrons. The standard InChI is InChI=1S/C20H28O5/c1-18-7-14(23)17(24)19(2,10-21)15(18)5-6-20(11-22)13-9-25-8-12(13)3-4-16(18)20/h8-9,15-17,21-22,24H,3-7,10-11H2,1-2H3/t15-,16-,17+,18+,19-,20-/m1/s1. The van der Waals surface area contributed by atoms with Crippen LogP contribution >= 0.6 is 0 Å². The zero-order chi connectivity index (χ0) is 18.0. The van der Waals surface area contributed by atoms with Crippen molar-refractivity contribution in [3.05, 3.63) is 23.7 Å². The van der Waals surface area contributed by atoms with Crippen molar-refractivity contribution in [1.82, 2.24) is 0 Å². The van der Waals surface area contributed by atoms with Gasteiger partial charge in [-0.3, -0.25) is 4.79 Å². The van der Waals surface area contributed by atoms with Gasteiger partial charge in [0.25, 0.3) is 0 Å². The fourth-order valence-corrected chi connectivity index (χ4v) is 6.79. The largest absolute Gasteiger partial charge is 0.472 e. The highest BCUT2D eigenvalue weighted by atomic mass is 16.3. The summed E-state index contributed by atoms with van der Waals surface area (Å²) >= 11 is 0. The second-order valence-corrected chi connectivity index (χ2v) is 9.02. The van der Waals surface area contributed by atoms with Crippen molar-refractivity contribution < 1.29 is 24.5 Å². The number of carbonyl (C=O) groups excluding carboxylic acids is 1. The van der Waals surface area contributed by atoms with Crippen molar-refractivity contribution in [2.45, 2.75) is 57.5 Å². The lowest BCUT2D eigenvalue weighted by Gasteiger charge is -2.64. The molecule has 25 heavy (non-hydrogen) atoms. The minimum atomic E-state index is -1.11. The maximum absolute atomic E-state index is 12.6. The predicted molar refractivity (Wildman–Crippen MR) is 90.9 cm³/mol. The zero-order valence-corrected chi connectivity index (χ0v) is 15.0. The predicted octanol–water partition coefficient (Wildman–Crippen LogP) is 1.82. The number of carbonyl (C=O) groups is 1. The van der Waals surface area contributed by atoms with Crippen LogP contribution in [-0.4, -0.2) is 40.4 Å². The topological polar surface area (TPSA) is 90.9 Å². The average Bonchev–Trinajstić information content (AvgIpc) is 3.09. The molecular weight excluding hydrogens is 320 g/mol. The highest BCUT2D eigenvalue weighted by Crippen LogP contribution is 2.66. The molecule has 1 aromatic heterocycles. The second kappa shape index (κ2) is 5.41. The van der Waals surface area contributed by atoms with Gasteiger partial charge in [0.05, 0.1) is 25.7 Å². The highest BCUT2D eigenvalue weighted by Gasteiger charge is 2.65. The smallest absolute Gasteiger partial charge is 0.162 e. The number of furan rings is 1. The van der Waals surface area contributed by atoms with Crippen LogP contribution in [0.4, 0.5) is 0 Å². The van der Waals surface area contributed by atoms with Gasteiger partial charge in [-0.05, 0) is 48.5 Å². The van der Waals surface area contributed by atoms with E-state index in [1.165, 1.54) is 5.56 Å². The van der Waals surface area contributed by atoms with E-state index in [-0.39, 0.29) is 41.7 Å². The van der Waals surface area contributed by atoms with Gasteiger partial charge in [-0.25, -0.2) is 0 Å². The summed E-state index contributed by atoms with van der Waals surface area (Å²) in [7, 11) is 0. The third kappa shape index (κ3) is 1.97. The van der Waals surface area contributed by atoms with Gasteiger partial charge in [-0.1, -0.05) is 13.8 Å². The van der Waals surface area contributed by atoms with Gasteiger partial charge in [0, 0.05) is 22.8 Å². The quantitative estimate of drug-likeness (QED) is 0.758. The molecule has 3 aliphatic carbocycles. The summed E-state index contributed by atoms with van der Waals surface area (Å²) < 4.78 is 5.45. The van der Waals surface area contributed by atoms with Crippen molar-refractivity contribution in [2.24, 2.45) is 22.7 Å². The Balaban J connectivity index is 1.85. The molecule has 2 saturated carbocycles. The summed E-state index contributed by atoms with van der Waals surface area (Å²) in [6, 6.07) is 0. The molecule has 6 atom stereocenters. The lowest BCUT2D eigenvalue weighted by atomic mass is 9.40. The molecule has 4 rings (SSSR count). The average molecular weight is 348 g/mol. The van der Waals surface area contributed by atoms with Crippen LogP contribution in [0.5, 0.6) is 0 Å². The number of rotatable bonds is 2. The van der Waals surface area contributed by atoms with Gasteiger partial charge in [-0.2, -0.15) is 0 Å². The fraction of sp³-hybridized carbons (Fsp3) is 0.750. The van der Waals surface area contributed by atoms with Crippen LogP contribution in [0.15, 0.2) is 16.9 Å². The van der Waals surface area contributed by atoms with Crippen LogP contribution in [0.2, 0.25) is 0 Å². The molecule has 0 aromatic carbocycles. The molecule has 5 nitrogen and oxygen atoms in total. The normalized spacial score (nSPS) is 46.3. The number of aliphatic hydroxyl groups is 3. The maximum Gasteiger partial charge on any atom is 0.162 e. The Kier molecular flexibility index (Phi) is 3.74. The van der Waals surface area contributed by atoms with E-state index in [9.17, 15) is 20.1 Å². The summed E-state index contributed by atoms with van der Waals surface area (Å²) in [4.78, 5) is 12.6. The van der Waals surface area contributed by atoms with Crippen LogP contribution < -0.4 is 0 Å². The Hall–Kier alpha value is -1.17. The molecule has 0 saturated heterocycles. The number of ketones is 1. The SMILES string of the molecule is C[C@]12CC(=O)[C@H](O)[C@](C)(CO)[C@@H]1CC[C@@]1(CO)c3cocc3CC[C@@H]12. The lowest BCUT2D eigenvalue weighted by Crippen LogP contribution is -2.65. The molecule has 1 heterocycles. The zero-order valence-electron chi connectivity index (χ0n) is 15.0. The van der Waals surface area contributed by atoms with Crippen molar-refractivity contribution in [2.75, 3.05) is 13.2 Å². The van der Waals surface area contributed by atoms with Crippen LogP contribution in [-0.2, 0) is 16.6 Å². The van der Waals surface area contributed by atoms with Gasteiger partial charge in [0.2, 0.25) is 0 Å². The van der Waals surface area contributed by atoms with E-state index in [1.54, 1.807) is 12.5 Å². The van der Waals surface area contributed by atoms with E-state index in [2.05, 4.69) is 6.92 Å². The molecule has 0 unspecified atom stereocenters. The Bertz CT molecular complexity index is 696. The van der Waals surface area contributed by atoms with E-state index in [4.69, 9.17) is 4.42 Å². The number of aliphatic hydroxyl groups excluding tert-OH is 3. The number of aryl methyl sites for hydroxylation is 1. The highest BCUT2D eigenvalue weighted by molar-refractivity contribution is 5.85. The number of hydrogen-bond acceptors (Lipinski definition) is 5. The Morgan fingerprint density at radius 1 is 1.16 bits per heavy atom. The third-order valence-corrected chi connectivity index (χ3v) is 8.02. The molecule has 3 N–H and O–H groups in total. The molecule has 3 aliphatic rings. The molecule has 5 heteroatoms. The second-order valence-electron chi connectivity index (χ2n) is 9.02. The Morgan fingerprint density at radius 2 is 1.92 bits per heavy atom. The maximum atomic E-state index is 12.6. The lowest BCUT2D eigenvalue weighted by molar-refractivity contribution is -0.190. The van der Waals surface area contributed by atoms with Crippen LogP contribution in [0.3, 0.4) is 0 Å². The van der Waals surface area contributed by atoms with Crippen LogP contribution in [0, 0.1) is 22.7 Å². The number of fused-ring (bicyclic) bond motifs is 5. The monoisotopic (exact) mass is 348 g/mol. The van der Waals surface area contributed by atoms with Crippen molar-refractivity contribution in [3.63, 3.8) is 0 Å². The minimum Gasteiger partial charge on any atom is -0.472 e. The van der Waals surface area contributed by atoms with Crippen molar-refractivity contribution >= 4 is 5.78 Å². The molecule has 138 valence electrons. The molecule has 1 aromatic rings. The third-order valence-electron chi connectivity index (χ3n) is 8.02. The summed E-state index contributed by atoms with van der Waals surface area (Å²) in [6.45, 7) is 3.82.